The Morgan fingerprint density at radius 1 is 1.33 bits per heavy atom. The van der Waals surface area contributed by atoms with Crippen LogP contribution in [-0.4, -0.2) is 41.4 Å². The van der Waals surface area contributed by atoms with Gasteiger partial charge in [-0.05, 0) is 38.5 Å². The fourth-order valence-electron chi connectivity index (χ4n) is 3.46. The van der Waals surface area contributed by atoms with Gasteiger partial charge >= 0.3 is 12.0 Å². The van der Waals surface area contributed by atoms with E-state index in [-0.39, 0.29) is 12.1 Å². The van der Waals surface area contributed by atoms with Gasteiger partial charge in [0.1, 0.15) is 5.54 Å². The molecule has 2 fully saturated rings. The van der Waals surface area contributed by atoms with Crippen LogP contribution in [0.1, 0.15) is 52.4 Å². The van der Waals surface area contributed by atoms with Crippen molar-refractivity contribution in [2.45, 2.75) is 70.1 Å². The van der Waals surface area contributed by atoms with Gasteiger partial charge in [-0.25, -0.2) is 9.59 Å². The summed E-state index contributed by atoms with van der Waals surface area (Å²) in [6, 6.07) is -0.520. The summed E-state index contributed by atoms with van der Waals surface area (Å²) in [7, 11) is 0. The monoisotopic (exact) mass is 298 g/mol. The van der Waals surface area contributed by atoms with E-state index in [0.29, 0.717) is 18.8 Å². The van der Waals surface area contributed by atoms with Gasteiger partial charge in [-0.2, -0.15) is 0 Å². The zero-order chi connectivity index (χ0) is 15.5. The first-order chi connectivity index (χ1) is 9.93. The quantitative estimate of drug-likeness (QED) is 0.739. The summed E-state index contributed by atoms with van der Waals surface area (Å²) in [6.45, 7) is 4.66. The lowest BCUT2D eigenvalue weighted by molar-refractivity contribution is -0.146. The highest BCUT2D eigenvalue weighted by molar-refractivity contribution is 5.86. The lowest BCUT2D eigenvalue weighted by Crippen LogP contribution is -2.60. The number of ether oxygens (including phenoxy) is 1. The molecule has 4 atom stereocenters. The second kappa shape index (κ2) is 6.64. The predicted octanol–water partition coefficient (Wildman–Crippen LogP) is 1.89. The molecule has 120 valence electrons. The fraction of sp³-hybridized carbons (Fsp3) is 0.867. The Hall–Kier alpha value is -1.30. The summed E-state index contributed by atoms with van der Waals surface area (Å²) in [5, 5.41) is 15.1. The molecule has 2 rings (SSSR count). The highest BCUT2D eigenvalue weighted by atomic mass is 16.5. The predicted molar refractivity (Wildman–Crippen MR) is 78.1 cm³/mol. The van der Waals surface area contributed by atoms with Gasteiger partial charge < -0.3 is 20.5 Å². The van der Waals surface area contributed by atoms with Crippen LogP contribution in [0.15, 0.2) is 0 Å². The maximum atomic E-state index is 12.2. The number of urea groups is 1. The fourth-order valence-corrected chi connectivity index (χ4v) is 3.46. The Morgan fingerprint density at radius 2 is 2.10 bits per heavy atom. The van der Waals surface area contributed by atoms with Crippen LogP contribution in [0.2, 0.25) is 0 Å². The number of aliphatic carboxylic acids is 1. The molecule has 3 N–H and O–H groups in total. The van der Waals surface area contributed by atoms with Crippen LogP contribution < -0.4 is 10.6 Å². The lowest BCUT2D eigenvalue weighted by atomic mass is 9.76. The van der Waals surface area contributed by atoms with Crippen LogP contribution in [0.4, 0.5) is 4.79 Å². The normalized spacial score (nSPS) is 34.2. The van der Waals surface area contributed by atoms with Crippen molar-refractivity contribution in [1.29, 1.82) is 0 Å². The number of hydrogen-bond acceptors (Lipinski definition) is 3. The number of nitrogens with one attached hydrogen (secondary N) is 2. The molecular weight excluding hydrogens is 272 g/mol. The molecule has 0 bridgehead atoms. The van der Waals surface area contributed by atoms with Crippen molar-refractivity contribution >= 4 is 12.0 Å². The van der Waals surface area contributed by atoms with Gasteiger partial charge in [0, 0.05) is 6.61 Å². The van der Waals surface area contributed by atoms with Crippen LogP contribution in [0.5, 0.6) is 0 Å². The first kappa shape index (κ1) is 16.1. The van der Waals surface area contributed by atoms with Gasteiger partial charge in [-0.1, -0.05) is 19.8 Å². The number of carboxylic acids is 1. The molecule has 6 heteroatoms. The molecule has 0 aromatic heterocycles. The van der Waals surface area contributed by atoms with Crippen LogP contribution in [-0.2, 0) is 9.53 Å². The number of rotatable bonds is 4. The van der Waals surface area contributed by atoms with Crippen molar-refractivity contribution < 1.29 is 19.4 Å². The summed E-state index contributed by atoms with van der Waals surface area (Å²) >= 11 is 0. The SMILES string of the molecule is CC1CCCC(NC(=O)NC(C)C2CCCO2)(C(=O)O)C1. The topological polar surface area (TPSA) is 87.7 Å². The minimum absolute atomic E-state index is 0.0295. The van der Waals surface area contributed by atoms with E-state index in [1.54, 1.807) is 0 Å². The van der Waals surface area contributed by atoms with Crippen molar-refractivity contribution in [3.05, 3.63) is 0 Å². The van der Waals surface area contributed by atoms with E-state index >= 15 is 0 Å². The Labute approximate surface area is 125 Å². The van der Waals surface area contributed by atoms with Crippen LogP contribution in [0.3, 0.4) is 0 Å². The third-order valence-electron chi connectivity index (χ3n) is 4.64. The molecule has 4 unspecified atom stereocenters. The van der Waals surface area contributed by atoms with Crippen LogP contribution >= 0.6 is 0 Å². The number of carbonyl (C=O) groups excluding carboxylic acids is 1. The van der Waals surface area contributed by atoms with E-state index in [2.05, 4.69) is 10.6 Å². The first-order valence-corrected chi connectivity index (χ1v) is 7.86. The summed E-state index contributed by atoms with van der Waals surface area (Å²) < 4.78 is 5.54. The molecular formula is C15H26N2O4. The molecule has 1 saturated carbocycles. The highest BCUT2D eigenvalue weighted by Crippen LogP contribution is 2.32. The van der Waals surface area contributed by atoms with Crippen molar-refractivity contribution in [2.75, 3.05) is 6.61 Å². The zero-order valence-corrected chi connectivity index (χ0v) is 12.9. The van der Waals surface area contributed by atoms with E-state index in [1.165, 1.54) is 0 Å². The largest absolute Gasteiger partial charge is 0.480 e. The summed E-state index contributed by atoms with van der Waals surface area (Å²) in [5.41, 5.74) is -1.13. The molecule has 1 aliphatic heterocycles. The second-order valence-corrected chi connectivity index (χ2v) is 6.53. The van der Waals surface area contributed by atoms with E-state index < -0.39 is 17.5 Å². The number of amides is 2. The summed E-state index contributed by atoms with van der Waals surface area (Å²) in [5.74, 6) is -0.625. The maximum Gasteiger partial charge on any atom is 0.329 e. The standard InChI is InChI=1S/C15H26N2O4/c1-10-5-3-7-15(9-10,13(18)19)17-14(20)16-11(2)12-6-4-8-21-12/h10-12H,3-9H2,1-2H3,(H,18,19)(H2,16,17,20). The highest BCUT2D eigenvalue weighted by Gasteiger charge is 2.43. The van der Waals surface area contributed by atoms with E-state index in [4.69, 9.17) is 4.74 Å². The molecule has 6 nitrogen and oxygen atoms in total. The molecule has 0 aromatic carbocycles. The average Bonchev–Trinajstić information content (AvgIpc) is 2.92. The minimum atomic E-state index is -1.13. The van der Waals surface area contributed by atoms with Crippen LogP contribution in [0, 0.1) is 5.92 Å². The Kier molecular flexibility index (Phi) is 5.08. The van der Waals surface area contributed by atoms with Crippen molar-refractivity contribution in [3.8, 4) is 0 Å². The van der Waals surface area contributed by atoms with Gasteiger partial charge in [0.05, 0.1) is 12.1 Å². The van der Waals surface area contributed by atoms with Gasteiger partial charge in [-0.15, -0.1) is 0 Å². The Morgan fingerprint density at radius 3 is 2.67 bits per heavy atom. The van der Waals surface area contributed by atoms with E-state index in [9.17, 15) is 14.7 Å². The van der Waals surface area contributed by atoms with Crippen molar-refractivity contribution in [3.63, 3.8) is 0 Å². The molecule has 0 radical (unpaired) electrons. The number of carbonyl (C=O) groups is 2. The van der Waals surface area contributed by atoms with Crippen LogP contribution in [0.25, 0.3) is 0 Å². The van der Waals surface area contributed by atoms with E-state index in [1.807, 2.05) is 13.8 Å². The smallest absolute Gasteiger partial charge is 0.329 e. The number of hydrogen-bond donors (Lipinski definition) is 3. The summed E-state index contributed by atoms with van der Waals surface area (Å²) in [6.07, 6.45) is 4.80. The Bertz CT molecular complexity index is 395. The molecule has 1 saturated heterocycles. The van der Waals surface area contributed by atoms with Crippen molar-refractivity contribution in [2.24, 2.45) is 5.92 Å². The zero-order valence-electron chi connectivity index (χ0n) is 12.9. The summed E-state index contributed by atoms with van der Waals surface area (Å²) in [4.78, 5) is 23.8. The first-order valence-electron chi connectivity index (χ1n) is 7.86. The molecule has 1 heterocycles. The second-order valence-electron chi connectivity index (χ2n) is 6.53. The third kappa shape index (κ3) is 3.87. The minimum Gasteiger partial charge on any atom is -0.480 e. The van der Waals surface area contributed by atoms with Crippen molar-refractivity contribution in [1.82, 2.24) is 10.6 Å². The number of carboxylic acid groups (broad SMARTS) is 1. The molecule has 1 aliphatic carbocycles. The molecule has 2 amide bonds. The lowest BCUT2D eigenvalue weighted by Gasteiger charge is -2.37. The van der Waals surface area contributed by atoms with Gasteiger partial charge in [-0.3, -0.25) is 0 Å². The molecule has 0 spiro atoms. The molecule has 0 aromatic rings. The average molecular weight is 298 g/mol. The van der Waals surface area contributed by atoms with Gasteiger partial charge in [0.15, 0.2) is 0 Å². The molecule has 21 heavy (non-hydrogen) atoms. The van der Waals surface area contributed by atoms with Gasteiger partial charge in [0.25, 0.3) is 0 Å². The van der Waals surface area contributed by atoms with Gasteiger partial charge in [0.2, 0.25) is 0 Å². The third-order valence-corrected chi connectivity index (χ3v) is 4.64. The maximum absolute atomic E-state index is 12.2. The Balaban J connectivity index is 1.93. The van der Waals surface area contributed by atoms with E-state index in [0.717, 1.165) is 32.3 Å². The molecule has 2 aliphatic rings.